The van der Waals surface area contributed by atoms with Gasteiger partial charge >= 0.3 is 6.01 Å². The summed E-state index contributed by atoms with van der Waals surface area (Å²) in [5.41, 5.74) is 2.28. The molecule has 0 bridgehead atoms. The monoisotopic (exact) mass is 403 g/mol. The third-order valence-electron chi connectivity index (χ3n) is 4.99. The van der Waals surface area contributed by atoms with Gasteiger partial charge in [-0.2, -0.15) is 0 Å². The molecule has 154 valence electrons. The van der Waals surface area contributed by atoms with E-state index in [9.17, 15) is 4.79 Å². The molecule has 0 radical (unpaired) electrons. The largest absolute Gasteiger partial charge is 0.458 e. The molecule has 2 heterocycles. The minimum absolute atomic E-state index is 0.0591. The molecule has 1 atom stereocenters. The minimum atomic E-state index is -0.133. The molecule has 1 amide bonds. The Balaban J connectivity index is 1.48. The number of rotatable bonds is 5. The number of piperidine rings is 1. The van der Waals surface area contributed by atoms with E-state index in [1.807, 2.05) is 73.3 Å². The Bertz CT molecular complexity index is 1000. The van der Waals surface area contributed by atoms with Crippen LogP contribution in [0, 0.1) is 13.8 Å². The molecule has 4 rings (SSSR count). The summed E-state index contributed by atoms with van der Waals surface area (Å²) < 4.78 is 12.0. The number of likely N-dealkylation sites (tertiary alicyclic amines) is 1. The molecule has 1 aromatic heterocycles. The van der Waals surface area contributed by atoms with Crippen molar-refractivity contribution in [1.29, 1.82) is 0 Å². The van der Waals surface area contributed by atoms with E-state index in [1.54, 1.807) is 6.07 Å². The summed E-state index contributed by atoms with van der Waals surface area (Å²) in [5.74, 6) is 1.19. The number of carbonyl (C=O) groups excluding carboxylic acids is 1. The van der Waals surface area contributed by atoms with Crippen LogP contribution in [0.5, 0.6) is 17.5 Å². The number of amides is 1. The summed E-state index contributed by atoms with van der Waals surface area (Å²) >= 11 is 0. The molecule has 1 aliphatic heterocycles. The maximum absolute atomic E-state index is 13.3. The lowest BCUT2D eigenvalue weighted by Gasteiger charge is -2.32. The number of para-hydroxylation sites is 2. The second-order valence-corrected chi connectivity index (χ2v) is 7.48. The Morgan fingerprint density at radius 3 is 2.47 bits per heavy atom. The number of hydrogen-bond acceptors (Lipinski definition) is 5. The third-order valence-corrected chi connectivity index (χ3v) is 4.99. The van der Waals surface area contributed by atoms with Crippen LogP contribution in [0.3, 0.4) is 0 Å². The van der Waals surface area contributed by atoms with Gasteiger partial charge < -0.3 is 14.4 Å². The summed E-state index contributed by atoms with van der Waals surface area (Å²) in [4.78, 5) is 23.8. The molecule has 3 aromatic rings. The average Bonchev–Trinajstić information content (AvgIpc) is 2.74. The molecule has 6 heteroatoms. The third kappa shape index (κ3) is 4.76. The summed E-state index contributed by atoms with van der Waals surface area (Å²) in [5, 5.41) is 0. The highest BCUT2D eigenvalue weighted by Gasteiger charge is 2.28. The fourth-order valence-corrected chi connectivity index (χ4v) is 3.63. The maximum Gasteiger partial charge on any atom is 0.317 e. The zero-order chi connectivity index (χ0) is 20.9. The van der Waals surface area contributed by atoms with Crippen molar-refractivity contribution < 1.29 is 14.3 Å². The number of benzene rings is 2. The topological polar surface area (TPSA) is 64.5 Å². The molecule has 6 nitrogen and oxygen atoms in total. The number of aryl methyl sites for hydroxylation is 2. The van der Waals surface area contributed by atoms with Crippen molar-refractivity contribution in [2.75, 3.05) is 13.1 Å². The Kier molecular flexibility index (Phi) is 5.93. The average molecular weight is 403 g/mol. The van der Waals surface area contributed by atoms with Gasteiger partial charge in [0.2, 0.25) is 0 Å². The Morgan fingerprint density at radius 1 is 1.00 bits per heavy atom. The Labute approximate surface area is 176 Å². The van der Waals surface area contributed by atoms with Gasteiger partial charge in [0.05, 0.1) is 12.1 Å². The molecule has 1 unspecified atom stereocenters. The van der Waals surface area contributed by atoms with Crippen LogP contribution in [-0.4, -0.2) is 40.0 Å². The zero-order valence-corrected chi connectivity index (χ0v) is 17.2. The van der Waals surface area contributed by atoms with E-state index in [2.05, 4.69) is 9.97 Å². The van der Waals surface area contributed by atoms with Crippen LogP contribution in [0.1, 0.15) is 34.6 Å². The molecule has 30 heavy (non-hydrogen) atoms. The highest BCUT2D eigenvalue weighted by Crippen LogP contribution is 2.27. The van der Waals surface area contributed by atoms with E-state index in [0.29, 0.717) is 36.2 Å². The number of aromatic nitrogens is 2. The summed E-state index contributed by atoms with van der Waals surface area (Å²) in [6.45, 7) is 5.02. The lowest BCUT2D eigenvalue weighted by Crippen LogP contribution is -2.44. The maximum atomic E-state index is 13.3. The molecule has 1 fully saturated rings. The first-order chi connectivity index (χ1) is 14.6. The van der Waals surface area contributed by atoms with Crippen molar-refractivity contribution in [3.63, 3.8) is 0 Å². The van der Waals surface area contributed by atoms with Crippen LogP contribution in [0.2, 0.25) is 0 Å². The molecule has 1 saturated heterocycles. The molecular formula is C24H25N3O3. The fraction of sp³-hybridized carbons (Fsp3) is 0.292. The molecule has 1 aliphatic rings. The molecule has 0 saturated carbocycles. The molecule has 0 aliphatic carbocycles. The predicted molar refractivity (Wildman–Crippen MR) is 114 cm³/mol. The standard InChI is InChI=1S/C24H25N3O3/c1-17-15-18(2)26-24(25-17)30-20-11-8-14-27(16-20)23(28)21-12-6-7-13-22(21)29-19-9-4-3-5-10-19/h3-7,9-10,12-13,15,20H,8,11,14,16H2,1-2H3. The van der Waals surface area contributed by atoms with Crippen LogP contribution in [0.4, 0.5) is 0 Å². The van der Waals surface area contributed by atoms with Crippen LogP contribution < -0.4 is 9.47 Å². The van der Waals surface area contributed by atoms with E-state index in [4.69, 9.17) is 9.47 Å². The van der Waals surface area contributed by atoms with Crippen molar-refractivity contribution in [3.8, 4) is 17.5 Å². The van der Waals surface area contributed by atoms with E-state index in [-0.39, 0.29) is 12.0 Å². The SMILES string of the molecule is Cc1cc(C)nc(OC2CCCN(C(=O)c3ccccc3Oc3ccccc3)C2)n1. The first-order valence-electron chi connectivity index (χ1n) is 10.2. The van der Waals surface area contributed by atoms with Gasteiger partial charge in [0.15, 0.2) is 0 Å². The first kappa shape index (κ1) is 19.9. The van der Waals surface area contributed by atoms with E-state index in [1.165, 1.54) is 0 Å². The number of nitrogens with zero attached hydrogens (tertiary/aromatic N) is 3. The van der Waals surface area contributed by atoms with Crippen LogP contribution in [0.25, 0.3) is 0 Å². The normalized spacial score (nSPS) is 16.2. The second kappa shape index (κ2) is 8.95. The van der Waals surface area contributed by atoms with E-state index < -0.39 is 0 Å². The smallest absolute Gasteiger partial charge is 0.317 e. The number of hydrogen-bond donors (Lipinski definition) is 0. The van der Waals surface area contributed by atoms with E-state index >= 15 is 0 Å². The highest BCUT2D eigenvalue weighted by atomic mass is 16.5. The van der Waals surface area contributed by atoms with Crippen molar-refractivity contribution in [3.05, 3.63) is 77.6 Å². The molecule has 0 N–H and O–H groups in total. The second-order valence-electron chi connectivity index (χ2n) is 7.48. The Hall–Kier alpha value is -3.41. The molecular weight excluding hydrogens is 378 g/mol. The van der Waals surface area contributed by atoms with Crippen molar-refractivity contribution in [2.45, 2.75) is 32.8 Å². The van der Waals surface area contributed by atoms with Gasteiger partial charge in [-0.15, -0.1) is 0 Å². The molecule has 2 aromatic carbocycles. The quantitative estimate of drug-likeness (QED) is 0.624. The lowest BCUT2D eigenvalue weighted by molar-refractivity contribution is 0.0512. The number of ether oxygens (including phenoxy) is 2. The van der Waals surface area contributed by atoms with Gasteiger partial charge in [0.25, 0.3) is 5.91 Å². The van der Waals surface area contributed by atoms with Gasteiger partial charge in [0.1, 0.15) is 17.6 Å². The number of carbonyl (C=O) groups is 1. The van der Waals surface area contributed by atoms with Crippen molar-refractivity contribution in [2.24, 2.45) is 0 Å². The minimum Gasteiger partial charge on any atom is -0.458 e. The lowest BCUT2D eigenvalue weighted by atomic mass is 10.1. The predicted octanol–water partition coefficient (Wildman–Crippen LogP) is 4.57. The van der Waals surface area contributed by atoms with Crippen molar-refractivity contribution in [1.82, 2.24) is 14.9 Å². The summed E-state index contributed by atoms with van der Waals surface area (Å²) in [7, 11) is 0. The fourth-order valence-electron chi connectivity index (χ4n) is 3.63. The van der Waals surface area contributed by atoms with Gasteiger partial charge in [-0.05, 0) is 57.0 Å². The first-order valence-corrected chi connectivity index (χ1v) is 10.2. The molecule has 0 spiro atoms. The zero-order valence-electron chi connectivity index (χ0n) is 17.2. The summed E-state index contributed by atoms with van der Waals surface area (Å²) in [6, 6.07) is 19.1. The van der Waals surface area contributed by atoms with Gasteiger partial charge in [-0.1, -0.05) is 30.3 Å². The van der Waals surface area contributed by atoms with Gasteiger partial charge in [-0.3, -0.25) is 4.79 Å². The van der Waals surface area contributed by atoms with E-state index in [0.717, 1.165) is 24.2 Å². The Morgan fingerprint density at radius 2 is 1.70 bits per heavy atom. The highest BCUT2D eigenvalue weighted by molar-refractivity contribution is 5.97. The van der Waals surface area contributed by atoms with Gasteiger partial charge in [-0.25, -0.2) is 9.97 Å². The van der Waals surface area contributed by atoms with Crippen LogP contribution in [-0.2, 0) is 0 Å². The van der Waals surface area contributed by atoms with Crippen LogP contribution >= 0.6 is 0 Å². The van der Waals surface area contributed by atoms with Crippen molar-refractivity contribution >= 4 is 5.91 Å². The van der Waals surface area contributed by atoms with Crippen LogP contribution in [0.15, 0.2) is 60.7 Å². The summed E-state index contributed by atoms with van der Waals surface area (Å²) in [6.07, 6.45) is 1.59. The van der Waals surface area contributed by atoms with Gasteiger partial charge in [0, 0.05) is 17.9 Å².